The lowest BCUT2D eigenvalue weighted by Crippen LogP contribution is -2.41. The van der Waals surface area contributed by atoms with Crippen molar-refractivity contribution in [1.82, 2.24) is 9.62 Å². The molecule has 1 aliphatic rings. The summed E-state index contributed by atoms with van der Waals surface area (Å²) in [6.45, 7) is 7.00. The van der Waals surface area contributed by atoms with Crippen LogP contribution in [0.25, 0.3) is 0 Å². The zero-order chi connectivity index (χ0) is 18.3. The highest BCUT2D eigenvalue weighted by atomic mass is 127. The summed E-state index contributed by atoms with van der Waals surface area (Å²) >= 11 is 0. The number of nitrogens with two attached hydrogens (primary N) is 1. The average molecular weight is 496 g/mol. The topological polar surface area (TPSA) is 97.0 Å². The molecule has 1 fully saturated rings. The summed E-state index contributed by atoms with van der Waals surface area (Å²) in [5.74, 6) is 0.817. The number of ether oxygens (including phenoxy) is 1. The standard InChI is InChI=1S/C17H28N4O3S.HI/c1-14(2)11-19-17(18)20-12-15-5-3-4-6-16(15)13-25(22,23)21-7-9-24-10-8-21;/h3-6,14H,7-13H2,1-2H3,(H3,18,19,20);1H. The number of benzene rings is 1. The lowest BCUT2D eigenvalue weighted by molar-refractivity contribution is 0.0729. The molecular formula is C17H29IN4O3S. The van der Waals surface area contributed by atoms with Gasteiger partial charge in [0, 0.05) is 19.6 Å². The molecular weight excluding hydrogens is 467 g/mol. The van der Waals surface area contributed by atoms with Crippen molar-refractivity contribution in [1.29, 1.82) is 0 Å². The van der Waals surface area contributed by atoms with Crippen LogP contribution in [-0.4, -0.2) is 51.5 Å². The number of nitrogens with one attached hydrogen (secondary N) is 1. The normalized spacial score (nSPS) is 16.3. The summed E-state index contributed by atoms with van der Waals surface area (Å²) in [7, 11) is -3.36. The van der Waals surface area contributed by atoms with E-state index in [4.69, 9.17) is 10.5 Å². The van der Waals surface area contributed by atoms with Crippen LogP contribution in [0.2, 0.25) is 0 Å². The second kappa shape index (κ2) is 11.1. The molecule has 0 aliphatic carbocycles. The predicted molar refractivity (Wildman–Crippen MR) is 115 cm³/mol. The summed E-state index contributed by atoms with van der Waals surface area (Å²) in [6.07, 6.45) is 0. The number of halogens is 1. The first-order chi connectivity index (χ1) is 11.9. The third-order valence-corrected chi connectivity index (χ3v) is 5.76. The van der Waals surface area contributed by atoms with Crippen LogP contribution < -0.4 is 11.1 Å². The first-order valence-electron chi connectivity index (χ1n) is 8.54. The van der Waals surface area contributed by atoms with E-state index in [2.05, 4.69) is 24.2 Å². The van der Waals surface area contributed by atoms with E-state index < -0.39 is 10.0 Å². The maximum Gasteiger partial charge on any atom is 0.218 e. The van der Waals surface area contributed by atoms with E-state index in [1.165, 1.54) is 4.31 Å². The van der Waals surface area contributed by atoms with Crippen molar-refractivity contribution in [3.8, 4) is 0 Å². The van der Waals surface area contributed by atoms with Gasteiger partial charge in [-0.25, -0.2) is 13.4 Å². The van der Waals surface area contributed by atoms with Crippen molar-refractivity contribution in [2.45, 2.75) is 26.1 Å². The molecule has 148 valence electrons. The van der Waals surface area contributed by atoms with Gasteiger partial charge in [0.25, 0.3) is 0 Å². The molecule has 1 aliphatic heterocycles. The van der Waals surface area contributed by atoms with Crippen molar-refractivity contribution in [2.75, 3.05) is 32.8 Å². The summed E-state index contributed by atoms with van der Waals surface area (Å²) in [6, 6.07) is 7.45. The summed E-state index contributed by atoms with van der Waals surface area (Å²) < 4.78 is 32.0. The Labute approximate surface area is 173 Å². The minimum Gasteiger partial charge on any atom is -0.379 e. The Morgan fingerprint density at radius 2 is 1.88 bits per heavy atom. The van der Waals surface area contributed by atoms with Crippen LogP contribution in [0.1, 0.15) is 25.0 Å². The Kier molecular flexibility index (Phi) is 9.83. The van der Waals surface area contributed by atoms with Gasteiger partial charge in [0.2, 0.25) is 10.0 Å². The van der Waals surface area contributed by atoms with Crippen LogP contribution in [0, 0.1) is 5.92 Å². The molecule has 0 radical (unpaired) electrons. The quantitative estimate of drug-likeness (QED) is 0.339. The largest absolute Gasteiger partial charge is 0.379 e. The molecule has 1 heterocycles. The number of rotatable bonds is 7. The fourth-order valence-corrected chi connectivity index (χ4v) is 4.06. The summed E-state index contributed by atoms with van der Waals surface area (Å²) in [5, 5.41) is 3.06. The van der Waals surface area contributed by atoms with E-state index in [0.29, 0.717) is 44.7 Å². The minimum absolute atomic E-state index is 0. The Balaban J connectivity index is 0.00000338. The Hall–Kier alpha value is -0.910. The number of guanidine groups is 1. The first kappa shape index (κ1) is 23.1. The maximum absolute atomic E-state index is 12.6. The van der Waals surface area contributed by atoms with Crippen molar-refractivity contribution in [3.63, 3.8) is 0 Å². The fourth-order valence-electron chi connectivity index (χ4n) is 2.50. The minimum atomic E-state index is -3.36. The molecule has 9 heteroatoms. The smallest absolute Gasteiger partial charge is 0.218 e. The Morgan fingerprint density at radius 3 is 2.50 bits per heavy atom. The summed E-state index contributed by atoms with van der Waals surface area (Å²) in [5.41, 5.74) is 7.49. The Bertz CT molecular complexity index is 689. The maximum atomic E-state index is 12.6. The van der Waals surface area contributed by atoms with Gasteiger partial charge in [0.1, 0.15) is 0 Å². The molecule has 0 atom stereocenters. The molecule has 0 bridgehead atoms. The van der Waals surface area contributed by atoms with E-state index in [1.807, 2.05) is 24.3 Å². The molecule has 1 saturated heterocycles. The van der Waals surface area contributed by atoms with Gasteiger partial charge < -0.3 is 15.8 Å². The monoisotopic (exact) mass is 496 g/mol. The van der Waals surface area contributed by atoms with Crippen molar-refractivity contribution in [2.24, 2.45) is 16.6 Å². The number of aliphatic imine (C=N–C) groups is 1. The van der Waals surface area contributed by atoms with Gasteiger partial charge in [-0.15, -0.1) is 24.0 Å². The van der Waals surface area contributed by atoms with Crippen LogP contribution in [-0.2, 0) is 27.1 Å². The molecule has 0 unspecified atom stereocenters. The molecule has 0 spiro atoms. The van der Waals surface area contributed by atoms with Gasteiger partial charge in [-0.2, -0.15) is 4.31 Å². The zero-order valence-electron chi connectivity index (χ0n) is 15.3. The molecule has 1 aromatic carbocycles. The van der Waals surface area contributed by atoms with Crippen LogP contribution in [0.15, 0.2) is 29.3 Å². The third-order valence-electron chi connectivity index (χ3n) is 3.93. The molecule has 0 saturated carbocycles. The van der Waals surface area contributed by atoms with E-state index in [9.17, 15) is 8.42 Å². The van der Waals surface area contributed by atoms with Gasteiger partial charge in [-0.3, -0.25) is 0 Å². The molecule has 0 amide bonds. The number of hydrogen-bond acceptors (Lipinski definition) is 4. The number of hydrogen-bond donors (Lipinski definition) is 2. The Morgan fingerprint density at radius 1 is 1.27 bits per heavy atom. The zero-order valence-corrected chi connectivity index (χ0v) is 18.5. The van der Waals surface area contributed by atoms with Crippen molar-refractivity contribution >= 4 is 40.0 Å². The van der Waals surface area contributed by atoms with E-state index >= 15 is 0 Å². The van der Waals surface area contributed by atoms with Crippen LogP contribution in [0.5, 0.6) is 0 Å². The third kappa shape index (κ3) is 7.37. The second-order valence-electron chi connectivity index (χ2n) is 6.51. The molecule has 0 aromatic heterocycles. The van der Waals surface area contributed by atoms with E-state index in [1.54, 1.807) is 0 Å². The number of nitrogens with zero attached hydrogens (tertiary/aromatic N) is 2. The molecule has 26 heavy (non-hydrogen) atoms. The average Bonchev–Trinajstić information content (AvgIpc) is 2.59. The molecule has 2 rings (SSSR count). The van der Waals surface area contributed by atoms with Gasteiger partial charge in [0.05, 0.1) is 25.5 Å². The lowest BCUT2D eigenvalue weighted by Gasteiger charge is -2.26. The summed E-state index contributed by atoms with van der Waals surface area (Å²) in [4.78, 5) is 4.32. The highest BCUT2D eigenvalue weighted by molar-refractivity contribution is 14.0. The van der Waals surface area contributed by atoms with Gasteiger partial charge in [-0.05, 0) is 17.0 Å². The van der Waals surface area contributed by atoms with Crippen molar-refractivity contribution in [3.05, 3.63) is 35.4 Å². The highest BCUT2D eigenvalue weighted by Gasteiger charge is 2.25. The van der Waals surface area contributed by atoms with Gasteiger partial charge in [-0.1, -0.05) is 38.1 Å². The lowest BCUT2D eigenvalue weighted by atomic mass is 10.1. The molecule has 1 aromatic rings. The van der Waals surface area contributed by atoms with E-state index in [0.717, 1.165) is 17.7 Å². The van der Waals surface area contributed by atoms with Gasteiger partial charge >= 0.3 is 0 Å². The van der Waals surface area contributed by atoms with Crippen LogP contribution in [0.3, 0.4) is 0 Å². The van der Waals surface area contributed by atoms with E-state index in [-0.39, 0.29) is 29.7 Å². The van der Waals surface area contributed by atoms with Gasteiger partial charge in [0.15, 0.2) is 5.96 Å². The van der Waals surface area contributed by atoms with Crippen LogP contribution >= 0.6 is 24.0 Å². The van der Waals surface area contributed by atoms with Crippen LogP contribution in [0.4, 0.5) is 0 Å². The first-order valence-corrected chi connectivity index (χ1v) is 10.2. The fraction of sp³-hybridized carbons (Fsp3) is 0.588. The number of morpholine rings is 1. The molecule has 3 N–H and O–H groups in total. The predicted octanol–water partition coefficient (Wildman–Crippen LogP) is 1.53. The SMILES string of the molecule is CC(C)CNC(N)=NCc1ccccc1CS(=O)(=O)N1CCOCC1.I. The van der Waals surface area contributed by atoms with Crippen molar-refractivity contribution < 1.29 is 13.2 Å². The molecule has 7 nitrogen and oxygen atoms in total. The highest BCUT2D eigenvalue weighted by Crippen LogP contribution is 2.17. The second-order valence-corrected chi connectivity index (χ2v) is 8.48. The number of sulfonamides is 1.